The Bertz CT molecular complexity index is 2960. The molecule has 1 heterocycles. The number of nitrogens with one attached hydrogen (secondary N) is 2. The minimum absolute atomic E-state index is 0.115. The SMILES string of the molecule is CCc1ccc(N=Nc2c(O)c(C(=O)Nc3ccc(CCc4ccc(N(c5ccc(C)cc5)c5ccc(C)cc5)cc4)cc3)cc3ccc4c5ccccc5[nH]c4c23)cc1. The van der Waals surface area contributed by atoms with Crippen LogP contribution in [0.3, 0.4) is 0 Å². The van der Waals surface area contributed by atoms with E-state index in [1.165, 1.54) is 22.3 Å². The van der Waals surface area contributed by atoms with Crippen LogP contribution >= 0.6 is 0 Å². The van der Waals surface area contributed by atoms with E-state index in [9.17, 15) is 9.90 Å². The molecular formula is C53H45N5O2. The van der Waals surface area contributed by atoms with Gasteiger partial charge in [-0.25, -0.2) is 0 Å². The molecule has 9 rings (SSSR count). The number of hydrogen-bond acceptors (Lipinski definition) is 5. The van der Waals surface area contributed by atoms with E-state index in [4.69, 9.17) is 0 Å². The zero-order valence-electron chi connectivity index (χ0n) is 33.9. The van der Waals surface area contributed by atoms with E-state index in [0.717, 1.165) is 69.1 Å². The van der Waals surface area contributed by atoms with Crippen molar-refractivity contribution in [3.8, 4) is 5.75 Å². The summed E-state index contributed by atoms with van der Waals surface area (Å²) in [4.78, 5) is 19.7. The molecule has 7 nitrogen and oxygen atoms in total. The number of azo groups is 1. The number of fused-ring (bicyclic) bond motifs is 5. The molecule has 0 radical (unpaired) electrons. The summed E-state index contributed by atoms with van der Waals surface area (Å²) >= 11 is 0. The highest BCUT2D eigenvalue weighted by Gasteiger charge is 2.22. The normalized spacial score (nSPS) is 11.5. The Morgan fingerprint density at radius 1 is 0.633 bits per heavy atom. The number of aromatic nitrogens is 1. The number of carbonyl (C=O) groups excluding carboxylic acids is 1. The third-order valence-electron chi connectivity index (χ3n) is 11.3. The summed E-state index contributed by atoms with van der Waals surface area (Å²) in [5, 5.41) is 27.4. The number of amides is 1. The summed E-state index contributed by atoms with van der Waals surface area (Å²) in [6.45, 7) is 6.32. The number of H-pyrrole nitrogens is 1. The van der Waals surface area contributed by atoms with Gasteiger partial charge in [0.25, 0.3) is 5.91 Å². The van der Waals surface area contributed by atoms with Gasteiger partial charge in [-0.2, -0.15) is 5.11 Å². The third kappa shape index (κ3) is 7.73. The summed E-state index contributed by atoms with van der Waals surface area (Å²) in [6.07, 6.45) is 2.63. The van der Waals surface area contributed by atoms with Crippen LogP contribution in [0.2, 0.25) is 0 Å². The van der Waals surface area contributed by atoms with E-state index in [1.807, 2.05) is 78.9 Å². The van der Waals surface area contributed by atoms with Crippen molar-refractivity contribution in [1.82, 2.24) is 4.98 Å². The first kappa shape index (κ1) is 38.0. The Labute approximate surface area is 349 Å². The Morgan fingerprint density at radius 2 is 1.20 bits per heavy atom. The fraction of sp³-hybridized carbons (Fsp3) is 0.113. The first-order valence-corrected chi connectivity index (χ1v) is 20.4. The zero-order chi connectivity index (χ0) is 41.2. The molecule has 9 aromatic rings. The van der Waals surface area contributed by atoms with Crippen LogP contribution < -0.4 is 10.2 Å². The highest BCUT2D eigenvalue weighted by molar-refractivity contribution is 6.22. The second-order valence-electron chi connectivity index (χ2n) is 15.4. The number of aromatic hydroxyl groups is 1. The standard InChI is InChI=1S/C53H45N5O2/c1-4-36-15-24-41(25-16-36)56-57-51-49-39(21-32-46-45-7-5-6-8-48(45)55-50(46)49)33-47(52(51)59)53(60)54-40-22-17-37(18-23-40)13-14-38-19-30-44(31-20-38)58(42-26-9-34(2)10-27-42)43-28-11-35(3)12-29-43/h5-12,15-33,55,59H,4,13-14H2,1-3H3,(H,54,60). The number of hydrogen-bond donors (Lipinski definition) is 3. The van der Waals surface area contributed by atoms with Gasteiger partial charge in [-0.1, -0.05) is 109 Å². The highest BCUT2D eigenvalue weighted by atomic mass is 16.3. The molecule has 0 aliphatic rings. The van der Waals surface area contributed by atoms with Crippen molar-refractivity contribution in [3.63, 3.8) is 0 Å². The van der Waals surface area contributed by atoms with Crippen molar-refractivity contribution in [2.75, 3.05) is 10.2 Å². The van der Waals surface area contributed by atoms with Gasteiger partial charge in [-0.05, 0) is 128 Å². The average Bonchev–Trinajstić information content (AvgIpc) is 3.66. The number of phenols is 1. The zero-order valence-corrected chi connectivity index (χ0v) is 33.9. The molecule has 7 heteroatoms. The number of anilines is 4. The largest absolute Gasteiger partial charge is 0.505 e. The molecule has 8 aromatic carbocycles. The number of aryl methyl sites for hydroxylation is 5. The number of aromatic amines is 1. The highest BCUT2D eigenvalue weighted by Crippen LogP contribution is 2.44. The van der Waals surface area contributed by atoms with E-state index in [2.05, 4.69) is 125 Å². The molecule has 0 saturated heterocycles. The van der Waals surface area contributed by atoms with Crippen LogP contribution in [0.15, 0.2) is 174 Å². The maximum Gasteiger partial charge on any atom is 0.259 e. The van der Waals surface area contributed by atoms with Crippen LogP contribution in [0.5, 0.6) is 5.75 Å². The Kier molecular flexibility index (Phi) is 10.4. The molecule has 1 aromatic heterocycles. The van der Waals surface area contributed by atoms with Crippen molar-refractivity contribution in [2.24, 2.45) is 10.2 Å². The molecule has 294 valence electrons. The molecule has 0 unspecified atom stereocenters. The number of phenolic OH excluding ortho intramolecular Hbond substituents is 1. The molecule has 0 bridgehead atoms. The molecule has 1 amide bonds. The lowest BCUT2D eigenvalue weighted by atomic mass is 10.00. The van der Waals surface area contributed by atoms with Crippen molar-refractivity contribution in [1.29, 1.82) is 0 Å². The number of rotatable bonds is 11. The van der Waals surface area contributed by atoms with E-state index < -0.39 is 5.91 Å². The van der Waals surface area contributed by atoms with Gasteiger partial charge in [0.1, 0.15) is 5.69 Å². The van der Waals surface area contributed by atoms with Gasteiger partial charge in [0.05, 0.1) is 16.8 Å². The summed E-state index contributed by atoms with van der Waals surface area (Å²) in [5.74, 6) is -0.670. The van der Waals surface area contributed by atoms with Gasteiger partial charge in [0.2, 0.25) is 0 Å². The van der Waals surface area contributed by atoms with Crippen LogP contribution in [-0.2, 0) is 19.3 Å². The van der Waals surface area contributed by atoms with Crippen molar-refractivity contribution >= 4 is 72.6 Å². The monoisotopic (exact) mass is 783 g/mol. The molecule has 0 saturated carbocycles. The fourth-order valence-electron chi connectivity index (χ4n) is 7.84. The molecule has 0 spiro atoms. The summed E-state index contributed by atoms with van der Waals surface area (Å²) in [5.41, 5.74) is 12.8. The summed E-state index contributed by atoms with van der Waals surface area (Å²) < 4.78 is 0. The van der Waals surface area contributed by atoms with E-state index in [1.54, 1.807) is 6.07 Å². The average molecular weight is 784 g/mol. The number of carbonyl (C=O) groups is 1. The van der Waals surface area contributed by atoms with Crippen LogP contribution in [-0.4, -0.2) is 16.0 Å². The molecule has 0 atom stereocenters. The van der Waals surface area contributed by atoms with E-state index in [0.29, 0.717) is 16.8 Å². The van der Waals surface area contributed by atoms with Gasteiger partial charge in [-0.3, -0.25) is 4.79 Å². The van der Waals surface area contributed by atoms with Gasteiger partial charge < -0.3 is 20.3 Å². The number of benzene rings is 8. The summed E-state index contributed by atoms with van der Waals surface area (Å²) in [7, 11) is 0. The maximum atomic E-state index is 13.9. The van der Waals surface area contributed by atoms with Gasteiger partial charge in [-0.15, -0.1) is 5.11 Å². The molecule has 0 aliphatic heterocycles. The van der Waals surface area contributed by atoms with E-state index >= 15 is 0 Å². The first-order chi connectivity index (χ1) is 29.3. The Morgan fingerprint density at radius 3 is 1.82 bits per heavy atom. The Hall–Kier alpha value is -7.51. The summed E-state index contributed by atoms with van der Waals surface area (Å²) in [6, 6.07) is 55.6. The fourth-order valence-corrected chi connectivity index (χ4v) is 7.84. The number of para-hydroxylation sites is 1. The topological polar surface area (TPSA) is 93.1 Å². The predicted octanol–water partition coefficient (Wildman–Crippen LogP) is 14.3. The number of nitrogens with zero attached hydrogens (tertiary/aromatic N) is 3. The minimum Gasteiger partial charge on any atom is -0.505 e. The lowest BCUT2D eigenvalue weighted by Gasteiger charge is -2.26. The Balaban J connectivity index is 0.935. The van der Waals surface area contributed by atoms with Crippen LogP contribution in [0.25, 0.3) is 32.6 Å². The van der Waals surface area contributed by atoms with Gasteiger partial charge in [0, 0.05) is 44.4 Å². The van der Waals surface area contributed by atoms with Crippen LogP contribution in [0.1, 0.15) is 45.1 Å². The second-order valence-corrected chi connectivity index (χ2v) is 15.4. The van der Waals surface area contributed by atoms with E-state index in [-0.39, 0.29) is 17.0 Å². The van der Waals surface area contributed by atoms with Crippen LogP contribution in [0.4, 0.5) is 34.1 Å². The maximum absolute atomic E-state index is 13.9. The first-order valence-electron chi connectivity index (χ1n) is 20.4. The molecular weight excluding hydrogens is 739 g/mol. The molecule has 60 heavy (non-hydrogen) atoms. The van der Waals surface area contributed by atoms with Crippen molar-refractivity contribution < 1.29 is 9.90 Å². The molecule has 3 N–H and O–H groups in total. The van der Waals surface area contributed by atoms with Crippen molar-refractivity contribution in [2.45, 2.75) is 40.0 Å². The second kappa shape index (κ2) is 16.4. The lowest BCUT2D eigenvalue weighted by molar-refractivity contribution is 0.102. The van der Waals surface area contributed by atoms with Gasteiger partial charge >= 0.3 is 0 Å². The third-order valence-corrected chi connectivity index (χ3v) is 11.3. The smallest absolute Gasteiger partial charge is 0.259 e. The van der Waals surface area contributed by atoms with Crippen molar-refractivity contribution in [3.05, 3.63) is 197 Å². The molecule has 0 fully saturated rings. The molecule has 0 aliphatic carbocycles. The minimum atomic E-state index is -0.437. The quantitative estimate of drug-likeness (QED) is 0.114. The van der Waals surface area contributed by atoms with Crippen LogP contribution in [0, 0.1) is 13.8 Å². The lowest BCUT2D eigenvalue weighted by Crippen LogP contribution is -2.12. The predicted molar refractivity (Wildman–Crippen MR) is 247 cm³/mol. The van der Waals surface area contributed by atoms with Gasteiger partial charge in [0.15, 0.2) is 5.75 Å².